The number of benzene rings is 1. The van der Waals surface area contributed by atoms with E-state index in [2.05, 4.69) is 15.6 Å². The van der Waals surface area contributed by atoms with Crippen LogP contribution in [-0.2, 0) is 4.79 Å². The minimum absolute atomic E-state index is 0.0514. The summed E-state index contributed by atoms with van der Waals surface area (Å²) in [5, 5.41) is 15.2. The van der Waals surface area contributed by atoms with Gasteiger partial charge in [0.05, 0.1) is 0 Å². The first-order valence-electron chi connectivity index (χ1n) is 5.81. The molecule has 7 heteroatoms. The van der Waals surface area contributed by atoms with E-state index in [1.807, 2.05) is 6.07 Å². The second-order valence-corrected chi connectivity index (χ2v) is 5.32. The molecule has 0 spiro atoms. The maximum absolute atomic E-state index is 11.0. The van der Waals surface area contributed by atoms with Gasteiger partial charge in [0.25, 0.3) is 0 Å². The van der Waals surface area contributed by atoms with E-state index in [0.29, 0.717) is 15.7 Å². The average molecular weight is 291 g/mol. The van der Waals surface area contributed by atoms with Crippen molar-refractivity contribution in [1.29, 1.82) is 0 Å². The van der Waals surface area contributed by atoms with Gasteiger partial charge in [-0.25, -0.2) is 9.78 Å². The third kappa shape index (κ3) is 3.33. The molecule has 1 aromatic heterocycles. The monoisotopic (exact) mass is 291 g/mol. The van der Waals surface area contributed by atoms with Crippen LogP contribution < -0.4 is 10.6 Å². The molecule has 0 aliphatic carbocycles. The minimum Gasteiger partial charge on any atom is -0.476 e. The van der Waals surface area contributed by atoms with E-state index in [9.17, 15) is 9.59 Å². The molecule has 0 radical (unpaired) electrons. The first-order valence-corrected chi connectivity index (χ1v) is 6.63. The molecule has 1 heterocycles. The van der Waals surface area contributed by atoms with E-state index in [1.165, 1.54) is 18.3 Å². The van der Waals surface area contributed by atoms with Gasteiger partial charge < -0.3 is 15.7 Å². The van der Waals surface area contributed by atoms with Crippen LogP contribution in [0.2, 0.25) is 0 Å². The van der Waals surface area contributed by atoms with Gasteiger partial charge in [-0.1, -0.05) is 6.07 Å². The van der Waals surface area contributed by atoms with Gasteiger partial charge >= 0.3 is 5.97 Å². The van der Waals surface area contributed by atoms with Crippen molar-refractivity contribution in [1.82, 2.24) is 4.98 Å². The molecular formula is C13H13N3O3S. The Bertz CT molecular complexity index is 667. The number of nitrogens with one attached hydrogen (secondary N) is 2. The molecule has 104 valence electrons. The third-order valence-corrected chi connectivity index (χ3v) is 3.32. The van der Waals surface area contributed by atoms with Gasteiger partial charge in [0.15, 0.2) is 10.8 Å². The fourth-order valence-corrected chi connectivity index (χ4v) is 2.48. The molecule has 0 saturated carbocycles. The number of hydrogen-bond donors (Lipinski definition) is 3. The number of aromatic carboxylic acids is 1. The molecule has 6 nitrogen and oxygen atoms in total. The summed E-state index contributed by atoms with van der Waals surface area (Å²) in [5.74, 6) is -1.20. The second kappa shape index (κ2) is 5.70. The number of carbonyl (C=O) groups is 2. The van der Waals surface area contributed by atoms with Crippen molar-refractivity contribution >= 4 is 39.7 Å². The summed E-state index contributed by atoms with van der Waals surface area (Å²) in [5.41, 5.74) is 1.44. The number of carboxylic acids is 1. The fourth-order valence-electron chi connectivity index (χ4n) is 1.65. The molecule has 0 aliphatic rings. The van der Waals surface area contributed by atoms with Crippen LogP contribution >= 0.6 is 11.3 Å². The van der Waals surface area contributed by atoms with Gasteiger partial charge in [0.2, 0.25) is 5.91 Å². The summed E-state index contributed by atoms with van der Waals surface area (Å²) in [6.07, 6.45) is 0. The third-order valence-electron chi connectivity index (χ3n) is 2.43. The maximum atomic E-state index is 11.0. The Morgan fingerprint density at radius 1 is 1.30 bits per heavy atom. The highest BCUT2D eigenvalue weighted by Crippen LogP contribution is 2.26. The number of aromatic nitrogens is 1. The first kappa shape index (κ1) is 14.0. The van der Waals surface area contributed by atoms with E-state index in [-0.39, 0.29) is 11.6 Å². The molecule has 2 aromatic rings. The number of carbonyl (C=O) groups excluding carboxylic acids is 1. The van der Waals surface area contributed by atoms with Crippen LogP contribution in [0.3, 0.4) is 0 Å². The summed E-state index contributed by atoms with van der Waals surface area (Å²) >= 11 is 1.27. The number of anilines is 3. The van der Waals surface area contributed by atoms with Crippen LogP contribution in [0.15, 0.2) is 24.3 Å². The lowest BCUT2D eigenvalue weighted by molar-refractivity contribution is -0.114. The predicted molar refractivity (Wildman–Crippen MR) is 77.8 cm³/mol. The molecule has 2 rings (SSSR count). The molecule has 0 saturated heterocycles. The lowest BCUT2D eigenvalue weighted by Gasteiger charge is -2.06. The van der Waals surface area contributed by atoms with Crippen LogP contribution in [0.1, 0.15) is 22.3 Å². The largest absolute Gasteiger partial charge is 0.476 e. The van der Waals surface area contributed by atoms with Gasteiger partial charge in [-0.3, -0.25) is 4.79 Å². The van der Waals surface area contributed by atoms with Crippen LogP contribution in [-0.4, -0.2) is 22.0 Å². The SMILES string of the molecule is CC(=O)Nc1cccc(Nc2nc(C(=O)O)c(C)s2)c1. The quantitative estimate of drug-likeness (QED) is 0.805. The molecule has 0 fully saturated rings. The fraction of sp³-hybridized carbons (Fsp3) is 0.154. The summed E-state index contributed by atoms with van der Waals surface area (Å²) < 4.78 is 0. The Balaban J connectivity index is 2.19. The van der Waals surface area contributed by atoms with E-state index >= 15 is 0 Å². The van der Waals surface area contributed by atoms with Crippen LogP contribution in [0.4, 0.5) is 16.5 Å². The zero-order valence-electron chi connectivity index (χ0n) is 10.9. The van der Waals surface area contributed by atoms with Crippen molar-refractivity contribution in [3.8, 4) is 0 Å². The van der Waals surface area contributed by atoms with Crippen molar-refractivity contribution in [2.24, 2.45) is 0 Å². The van der Waals surface area contributed by atoms with Crippen LogP contribution in [0.5, 0.6) is 0 Å². The number of carboxylic acid groups (broad SMARTS) is 1. The molecule has 0 atom stereocenters. The normalized spacial score (nSPS) is 10.1. The highest BCUT2D eigenvalue weighted by molar-refractivity contribution is 7.15. The summed E-state index contributed by atoms with van der Waals surface area (Å²) in [6.45, 7) is 3.14. The molecule has 3 N–H and O–H groups in total. The van der Waals surface area contributed by atoms with E-state index in [4.69, 9.17) is 5.11 Å². The summed E-state index contributed by atoms with van der Waals surface area (Å²) in [7, 11) is 0. The van der Waals surface area contributed by atoms with Gasteiger partial charge in [0, 0.05) is 23.2 Å². The Hall–Kier alpha value is -2.41. The predicted octanol–water partition coefficient (Wildman–Crippen LogP) is 2.85. The number of nitrogens with zero attached hydrogens (tertiary/aromatic N) is 1. The lowest BCUT2D eigenvalue weighted by Crippen LogP contribution is -2.05. The minimum atomic E-state index is -1.04. The molecule has 0 aliphatic heterocycles. The summed E-state index contributed by atoms with van der Waals surface area (Å²) in [6, 6.07) is 7.11. The Kier molecular flexibility index (Phi) is 3.99. The number of rotatable bonds is 4. The van der Waals surface area contributed by atoms with Crippen molar-refractivity contribution < 1.29 is 14.7 Å². The van der Waals surface area contributed by atoms with E-state index in [0.717, 1.165) is 5.69 Å². The van der Waals surface area contributed by atoms with Crippen molar-refractivity contribution in [2.75, 3.05) is 10.6 Å². The zero-order chi connectivity index (χ0) is 14.7. The number of amides is 1. The Morgan fingerprint density at radius 2 is 2.00 bits per heavy atom. The Labute approximate surface area is 119 Å². The summed E-state index contributed by atoms with van der Waals surface area (Å²) in [4.78, 5) is 26.6. The topological polar surface area (TPSA) is 91.3 Å². The van der Waals surface area contributed by atoms with Crippen molar-refractivity contribution in [3.63, 3.8) is 0 Å². The van der Waals surface area contributed by atoms with Gasteiger partial charge in [0.1, 0.15) is 0 Å². The number of aryl methyl sites for hydroxylation is 1. The van der Waals surface area contributed by atoms with Crippen molar-refractivity contribution in [2.45, 2.75) is 13.8 Å². The number of thiazole rings is 1. The molecule has 1 aromatic carbocycles. The van der Waals surface area contributed by atoms with E-state index in [1.54, 1.807) is 25.1 Å². The van der Waals surface area contributed by atoms with Crippen LogP contribution in [0.25, 0.3) is 0 Å². The second-order valence-electron chi connectivity index (χ2n) is 4.12. The standard InChI is InChI=1S/C13H13N3O3S/c1-7-11(12(18)19)16-13(20-7)15-10-5-3-4-9(6-10)14-8(2)17/h3-6H,1-2H3,(H,14,17)(H,15,16)(H,18,19). The lowest BCUT2D eigenvalue weighted by atomic mass is 10.3. The highest BCUT2D eigenvalue weighted by Gasteiger charge is 2.14. The van der Waals surface area contributed by atoms with Crippen LogP contribution in [0, 0.1) is 6.92 Å². The van der Waals surface area contributed by atoms with Gasteiger partial charge in [-0.15, -0.1) is 11.3 Å². The highest BCUT2D eigenvalue weighted by atomic mass is 32.1. The maximum Gasteiger partial charge on any atom is 0.355 e. The molecular weight excluding hydrogens is 278 g/mol. The smallest absolute Gasteiger partial charge is 0.355 e. The van der Waals surface area contributed by atoms with Gasteiger partial charge in [-0.2, -0.15) is 0 Å². The van der Waals surface area contributed by atoms with E-state index < -0.39 is 5.97 Å². The average Bonchev–Trinajstić information content (AvgIpc) is 2.70. The molecule has 1 amide bonds. The Morgan fingerprint density at radius 3 is 2.60 bits per heavy atom. The molecule has 0 unspecified atom stereocenters. The van der Waals surface area contributed by atoms with Gasteiger partial charge in [-0.05, 0) is 25.1 Å². The molecule has 0 bridgehead atoms. The molecule has 20 heavy (non-hydrogen) atoms. The first-order chi connectivity index (χ1) is 9.45. The number of hydrogen-bond acceptors (Lipinski definition) is 5. The zero-order valence-corrected chi connectivity index (χ0v) is 11.7. The van der Waals surface area contributed by atoms with Crippen molar-refractivity contribution in [3.05, 3.63) is 34.8 Å².